The van der Waals surface area contributed by atoms with E-state index in [1.165, 1.54) is 0 Å². The zero-order chi connectivity index (χ0) is 10.7. The van der Waals surface area contributed by atoms with E-state index in [0.29, 0.717) is 0 Å². The summed E-state index contributed by atoms with van der Waals surface area (Å²) in [5.41, 5.74) is 0. The number of aliphatic hydroxyl groups excluding tert-OH is 1. The van der Waals surface area contributed by atoms with Gasteiger partial charge in [-0.3, -0.25) is 14.4 Å². The van der Waals surface area contributed by atoms with E-state index in [2.05, 4.69) is 0 Å². The summed E-state index contributed by atoms with van der Waals surface area (Å²) in [6, 6.07) is 0. The highest BCUT2D eigenvalue weighted by atomic mass is 16.2. The van der Waals surface area contributed by atoms with Crippen LogP contribution in [0.5, 0.6) is 0 Å². The molecule has 0 heterocycles. The second-order valence-corrected chi connectivity index (χ2v) is 3.56. The molecule has 15 heavy (non-hydrogen) atoms. The second kappa shape index (κ2) is 5.72. The maximum Gasteiger partial charge on any atom is 0.264 e. The summed E-state index contributed by atoms with van der Waals surface area (Å²) in [6.45, 7) is 0. The third-order valence-corrected chi connectivity index (χ3v) is 2.89. The van der Waals surface area contributed by atoms with Gasteiger partial charge in [-0.1, -0.05) is 12.8 Å². The smallest absolute Gasteiger partial charge is 0.264 e. The molecule has 2 fully saturated rings. The summed E-state index contributed by atoms with van der Waals surface area (Å²) >= 11 is 0. The molecule has 3 N–H and O–H groups in total. The number of carbonyl (C=O) groups excluding carboxylic acids is 3. The zero-order valence-corrected chi connectivity index (χ0v) is 8.66. The number of carbonyl (C=O) groups is 3. The molecule has 5 nitrogen and oxygen atoms in total. The lowest BCUT2D eigenvalue weighted by Crippen LogP contribution is -2.21. The molecule has 0 bridgehead atoms. The number of ketones is 3. The maximum absolute atomic E-state index is 11.2. The van der Waals surface area contributed by atoms with Gasteiger partial charge >= 0.3 is 0 Å². The molecule has 0 aromatic carbocycles. The molecule has 2 unspecified atom stereocenters. The van der Waals surface area contributed by atoms with Crippen molar-refractivity contribution in [2.45, 2.75) is 25.7 Å². The second-order valence-electron chi connectivity index (χ2n) is 3.56. The molecule has 5 heteroatoms. The summed E-state index contributed by atoms with van der Waals surface area (Å²) in [7, 11) is 1.00. The van der Waals surface area contributed by atoms with Gasteiger partial charge in [0.25, 0.3) is 5.78 Å². The summed E-state index contributed by atoms with van der Waals surface area (Å²) in [5.74, 6) is -2.10. The van der Waals surface area contributed by atoms with Gasteiger partial charge in [0.1, 0.15) is 0 Å². The average molecular weight is 216 g/mol. The number of rotatable bonds is 0. The molecule has 0 saturated heterocycles. The zero-order valence-electron chi connectivity index (χ0n) is 8.66. The van der Waals surface area contributed by atoms with Crippen molar-refractivity contribution in [3.05, 3.63) is 0 Å². The lowest BCUT2D eigenvalue weighted by atomic mass is 9.81. The molecule has 0 aliphatic heterocycles. The maximum atomic E-state index is 11.2. The fraction of sp³-hybridized carbons (Fsp3) is 0.700. The molecule has 0 spiro atoms. The molecular formula is C10H16O5. The Morgan fingerprint density at radius 1 is 0.933 bits per heavy atom. The molecule has 2 atom stereocenters. The first-order valence-electron chi connectivity index (χ1n) is 4.79. The van der Waals surface area contributed by atoms with Crippen LogP contribution in [0, 0.1) is 11.8 Å². The van der Waals surface area contributed by atoms with Crippen LogP contribution in [0.1, 0.15) is 25.7 Å². The number of hydrogen-bond acceptors (Lipinski definition) is 4. The lowest BCUT2D eigenvalue weighted by Gasteiger charge is -2.20. The van der Waals surface area contributed by atoms with E-state index < -0.39 is 17.3 Å². The minimum atomic E-state index is -0.744. The van der Waals surface area contributed by atoms with Crippen molar-refractivity contribution in [2.75, 3.05) is 7.11 Å². The van der Waals surface area contributed by atoms with Crippen molar-refractivity contribution < 1.29 is 25.0 Å². The SMILES string of the molecule is CO.O.O=C1C(=O)C2CCCCC2C1=O. The van der Waals surface area contributed by atoms with E-state index in [1.54, 1.807) is 0 Å². The first-order valence-corrected chi connectivity index (χ1v) is 4.79. The van der Waals surface area contributed by atoms with Crippen molar-refractivity contribution in [3.63, 3.8) is 0 Å². The van der Waals surface area contributed by atoms with E-state index in [9.17, 15) is 14.4 Å². The van der Waals surface area contributed by atoms with Crippen LogP contribution < -0.4 is 0 Å². The van der Waals surface area contributed by atoms with Crippen LogP contribution in [0.4, 0.5) is 0 Å². The Morgan fingerprint density at radius 2 is 1.27 bits per heavy atom. The van der Waals surface area contributed by atoms with Crippen LogP contribution in [0.2, 0.25) is 0 Å². The van der Waals surface area contributed by atoms with Crippen LogP contribution in [-0.2, 0) is 14.4 Å². The van der Waals surface area contributed by atoms with Gasteiger partial charge in [0.05, 0.1) is 0 Å². The minimum Gasteiger partial charge on any atom is -0.412 e. The Hall–Kier alpha value is -1.07. The standard InChI is InChI=1S/C9H10O3.CH4O.H2O/c10-7-5-3-1-2-4-6(5)8(11)9(7)12;1-2;/h5-6H,1-4H2;2H,1H3;1H2. The van der Waals surface area contributed by atoms with Gasteiger partial charge in [-0.15, -0.1) is 0 Å². The normalized spacial score (nSPS) is 28.8. The molecule has 2 aliphatic rings. The Balaban J connectivity index is 0.000000617. The fourth-order valence-electron chi connectivity index (χ4n) is 2.22. The Morgan fingerprint density at radius 3 is 1.60 bits per heavy atom. The van der Waals surface area contributed by atoms with E-state index in [4.69, 9.17) is 5.11 Å². The predicted molar refractivity (Wildman–Crippen MR) is 52.2 cm³/mol. The number of hydrogen-bond donors (Lipinski definition) is 1. The van der Waals surface area contributed by atoms with Crippen molar-refractivity contribution in [1.82, 2.24) is 0 Å². The van der Waals surface area contributed by atoms with Crippen LogP contribution in [0.3, 0.4) is 0 Å². The Kier molecular flexibility index (Phi) is 5.32. The van der Waals surface area contributed by atoms with Gasteiger partial charge < -0.3 is 10.6 Å². The molecule has 0 radical (unpaired) electrons. The first-order chi connectivity index (χ1) is 6.72. The molecule has 2 saturated carbocycles. The van der Waals surface area contributed by atoms with E-state index in [0.717, 1.165) is 32.8 Å². The number of fused-ring (bicyclic) bond motifs is 1. The molecular weight excluding hydrogens is 200 g/mol. The highest BCUT2D eigenvalue weighted by Crippen LogP contribution is 2.36. The third-order valence-electron chi connectivity index (χ3n) is 2.89. The summed E-state index contributed by atoms with van der Waals surface area (Å²) in [6.07, 6.45) is 3.43. The van der Waals surface area contributed by atoms with E-state index >= 15 is 0 Å². The Labute approximate surface area is 87.8 Å². The summed E-state index contributed by atoms with van der Waals surface area (Å²) in [4.78, 5) is 33.3. The predicted octanol–water partition coefficient (Wildman–Crippen LogP) is -0.703. The topological polar surface area (TPSA) is 103 Å². The number of Topliss-reactive ketones (excluding diaryl/α,β-unsaturated/α-hetero) is 3. The minimum absolute atomic E-state index is 0. The molecule has 0 amide bonds. The van der Waals surface area contributed by atoms with Crippen molar-refractivity contribution in [3.8, 4) is 0 Å². The summed E-state index contributed by atoms with van der Waals surface area (Å²) < 4.78 is 0. The lowest BCUT2D eigenvalue weighted by molar-refractivity contribution is -0.141. The van der Waals surface area contributed by atoms with Gasteiger partial charge in [0.15, 0.2) is 0 Å². The number of aliphatic hydroxyl groups is 1. The molecule has 0 aromatic rings. The first kappa shape index (κ1) is 13.9. The van der Waals surface area contributed by atoms with Gasteiger partial charge in [0, 0.05) is 18.9 Å². The molecule has 0 aromatic heterocycles. The van der Waals surface area contributed by atoms with Crippen LogP contribution >= 0.6 is 0 Å². The van der Waals surface area contributed by atoms with Gasteiger partial charge in [0.2, 0.25) is 11.6 Å². The highest BCUT2D eigenvalue weighted by Gasteiger charge is 2.48. The van der Waals surface area contributed by atoms with Crippen LogP contribution in [0.15, 0.2) is 0 Å². The van der Waals surface area contributed by atoms with Crippen LogP contribution in [-0.4, -0.2) is 35.0 Å². The van der Waals surface area contributed by atoms with E-state index in [1.807, 2.05) is 0 Å². The van der Waals surface area contributed by atoms with Crippen LogP contribution in [0.25, 0.3) is 0 Å². The highest BCUT2D eigenvalue weighted by molar-refractivity contribution is 6.68. The van der Waals surface area contributed by atoms with Crippen molar-refractivity contribution in [1.29, 1.82) is 0 Å². The van der Waals surface area contributed by atoms with Gasteiger partial charge in [-0.2, -0.15) is 0 Å². The molecule has 2 aliphatic carbocycles. The Bertz CT molecular complexity index is 245. The van der Waals surface area contributed by atoms with E-state index in [-0.39, 0.29) is 17.3 Å². The van der Waals surface area contributed by atoms with Crippen molar-refractivity contribution >= 4 is 17.3 Å². The quantitative estimate of drug-likeness (QED) is 0.540. The monoisotopic (exact) mass is 216 g/mol. The third kappa shape index (κ3) is 2.30. The average Bonchev–Trinajstić information content (AvgIpc) is 2.48. The van der Waals surface area contributed by atoms with Gasteiger partial charge in [-0.25, -0.2) is 0 Å². The van der Waals surface area contributed by atoms with Gasteiger partial charge in [-0.05, 0) is 12.8 Å². The molecule has 86 valence electrons. The van der Waals surface area contributed by atoms with Crippen molar-refractivity contribution in [2.24, 2.45) is 11.8 Å². The fourth-order valence-corrected chi connectivity index (χ4v) is 2.22. The largest absolute Gasteiger partial charge is 0.412 e. The summed E-state index contributed by atoms with van der Waals surface area (Å²) in [5, 5.41) is 7.00. The molecule has 2 rings (SSSR count).